The number of methoxy groups -OCH3 is 2. The van der Waals surface area contributed by atoms with Crippen LogP contribution in [0.4, 0.5) is 13.2 Å². The van der Waals surface area contributed by atoms with Crippen molar-refractivity contribution in [1.29, 1.82) is 0 Å². The molecule has 0 aliphatic carbocycles. The SMILES string of the molecule is COCOc1cc(OC)cc(/C=C/C[C@@H]2OC(C)(C)OC2C(O)C#CC(C(C)O[Si](c2ccccc2)(c2ccccc2)C(C)(C)C)C(F)(F)F)c1C(=O)OCC[Si](C)(C)C. The Balaban J connectivity index is 1.64. The summed E-state index contributed by atoms with van der Waals surface area (Å²) < 4.78 is 86.0. The van der Waals surface area contributed by atoms with Crippen molar-refractivity contribution in [2.75, 3.05) is 27.6 Å². The van der Waals surface area contributed by atoms with Crippen LogP contribution >= 0.6 is 0 Å². The van der Waals surface area contributed by atoms with Gasteiger partial charge in [0.25, 0.3) is 8.32 Å². The summed E-state index contributed by atoms with van der Waals surface area (Å²) in [7, 11) is -1.94. The zero-order valence-electron chi connectivity index (χ0n) is 36.6. The van der Waals surface area contributed by atoms with Gasteiger partial charge >= 0.3 is 12.1 Å². The number of alkyl halides is 3. The third-order valence-electron chi connectivity index (χ3n) is 10.2. The van der Waals surface area contributed by atoms with Crippen LogP contribution in [0, 0.1) is 17.8 Å². The van der Waals surface area contributed by atoms with Gasteiger partial charge < -0.3 is 38.0 Å². The third-order valence-corrected chi connectivity index (χ3v) is 17.0. The van der Waals surface area contributed by atoms with Gasteiger partial charge in [-0.15, -0.1) is 0 Å². The predicted molar refractivity (Wildman–Crippen MR) is 233 cm³/mol. The number of aliphatic hydroxyl groups is 1. The lowest BCUT2D eigenvalue weighted by Crippen LogP contribution is -2.68. The van der Waals surface area contributed by atoms with Crippen LogP contribution in [0.15, 0.2) is 78.9 Å². The second-order valence-corrected chi connectivity index (χ2v) is 27.5. The summed E-state index contributed by atoms with van der Waals surface area (Å²) >= 11 is 0. The van der Waals surface area contributed by atoms with Crippen LogP contribution in [-0.2, 0) is 23.4 Å². The maximum absolute atomic E-state index is 15.0. The first-order valence-electron chi connectivity index (χ1n) is 20.1. The highest BCUT2D eigenvalue weighted by atomic mass is 28.4. The Morgan fingerprint density at radius 2 is 1.55 bits per heavy atom. The minimum absolute atomic E-state index is 0.131. The molecule has 0 spiro atoms. The molecule has 1 saturated heterocycles. The largest absolute Gasteiger partial charge is 0.497 e. The minimum atomic E-state index is -4.79. The first-order valence-corrected chi connectivity index (χ1v) is 25.7. The topological polar surface area (TPSA) is 102 Å². The van der Waals surface area contributed by atoms with Crippen LogP contribution in [0.5, 0.6) is 11.5 Å². The molecule has 1 aliphatic rings. The van der Waals surface area contributed by atoms with Crippen LogP contribution in [0.25, 0.3) is 6.08 Å². The Hall–Kier alpha value is -3.95. The highest BCUT2D eigenvalue weighted by Crippen LogP contribution is 2.41. The second-order valence-electron chi connectivity index (χ2n) is 17.6. The molecular formula is C46H61F3O9Si2. The van der Waals surface area contributed by atoms with Crippen LogP contribution in [0.2, 0.25) is 30.7 Å². The minimum Gasteiger partial charge on any atom is -0.497 e. The van der Waals surface area contributed by atoms with E-state index in [0.717, 1.165) is 16.4 Å². The van der Waals surface area contributed by atoms with Gasteiger partial charge in [-0.1, -0.05) is 125 Å². The zero-order chi connectivity index (χ0) is 44.5. The number of ether oxygens (including phenoxy) is 6. The lowest BCUT2D eigenvalue weighted by Gasteiger charge is -2.45. The van der Waals surface area contributed by atoms with Gasteiger partial charge in [-0.3, -0.25) is 0 Å². The van der Waals surface area contributed by atoms with Gasteiger partial charge in [0.1, 0.15) is 35.2 Å². The van der Waals surface area contributed by atoms with Crippen LogP contribution < -0.4 is 19.8 Å². The molecule has 0 radical (unpaired) electrons. The molecule has 1 aliphatic heterocycles. The standard InChI is InChI=1S/C46H61F3O9Si2/c1-32(58-60(44(2,3)4,35-20-14-12-15-21-35)36-22-16-13-17-23-36)37(46(47,48)49)25-26-38(50)42-39(56-45(5,6)57-42)24-18-19-33-29-34(53-8)30-40(55-31-52-7)41(33)43(51)54-27-28-59(9,10)11/h12-23,29-30,32,37-39,42,50H,24,27-28,31H2,1-11H3/b19-18+/t32?,37?,38?,39-,42?/m0/s1. The average molecular weight is 871 g/mol. The average Bonchev–Trinajstić information content (AvgIpc) is 3.48. The Labute approximate surface area is 355 Å². The van der Waals surface area contributed by atoms with Crippen LogP contribution in [0.1, 0.15) is 63.9 Å². The molecule has 14 heteroatoms. The van der Waals surface area contributed by atoms with Gasteiger partial charge in [-0.05, 0) is 60.3 Å². The maximum atomic E-state index is 15.0. The predicted octanol–water partition coefficient (Wildman–Crippen LogP) is 8.60. The summed E-state index contributed by atoms with van der Waals surface area (Å²) in [5.41, 5.74) is 0.593. The molecule has 4 unspecified atom stereocenters. The van der Waals surface area contributed by atoms with E-state index in [2.05, 4.69) is 31.5 Å². The molecule has 1 heterocycles. The van der Waals surface area contributed by atoms with E-state index in [1.165, 1.54) is 21.1 Å². The summed E-state index contributed by atoms with van der Waals surface area (Å²) in [4.78, 5) is 13.5. The summed E-state index contributed by atoms with van der Waals surface area (Å²) in [6.07, 6.45) is -6.27. The van der Waals surface area contributed by atoms with E-state index in [-0.39, 0.29) is 31.1 Å². The number of hydrogen-bond acceptors (Lipinski definition) is 9. The van der Waals surface area contributed by atoms with Crippen molar-refractivity contribution >= 4 is 38.8 Å². The molecule has 1 N–H and O–H groups in total. The number of carbonyl (C=O) groups is 1. The van der Waals surface area contributed by atoms with E-state index in [0.29, 0.717) is 11.3 Å². The molecule has 0 amide bonds. The molecule has 60 heavy (non-hydrogen) atoms. The van der Waals surface area contributed by atoms with Gasteiger partial charge in [0.15, 0.2) is 12.6 Å². The van der Waals surface area contributed by atoms with Crippen molar-refractivity contribution in [3.8, 4) is 23.3 Å². The molecule has 3 aromatic rings. The van der Waals surface area contributed by atoms with E-state index in [4.69, 9.17) is 32.8 Å². The lowest BCUT2D eigenvalue weighted by molar-refractivity contribution is -0.177. The normalized spacial score (nSPS) is 18.6. The Morgan fingerprint density at radius 1 is 0.950 bits per heavy atom. The summed E-state index contributed by atoms with van der Waals surface area (Å²) in [6.45, 7) is 17.3. The molecule has 0 saturated carbocycles. The van der Waals surface area contributed by atoms with Gasteiger partial charge in [0, 0.05) is 21.3 Å². The van der Waals surface area contributed by atoms with Crippen molar-refractivity contribution in [1.82, 2.24) is 0 Å². The van der Waals surface area contributed by atoms with Crippen LogP contribution in [0.3, 0.4) is 0 Å². The number of rotatable bonds is 17. The highest BCUT2D eigenvalue weighted by Gasteiger charge is 2.54. The molecule has 1 fully saturated rings. The number of esters is 1. The smallest absolute Gasteiger partial charge is 0.404 e. The fraction of sp³-hybridized carbons (Fsp3) is 0.500. The van der Waals surface area contributed by atoms with Gasteiger partial charge in [-0.2, -0.15) is 13.2 Å². The fourth-order valence-corrected chi connectivity index (χ4v) is 12.7. The molecule has 0 bridgehead atoms. The van der Waals surface area contributed by atoms with E-state index in [1.807, 2.05) is 81.4 Å². The Bertz CT molecular complexity index is 1910. The third kappa shape index (κ3) is 12.6. The molecule has 0 aromatic heterocycles. The highest BCUT2D eigenvalue weighted by molar-refractivity contribution is 6.99. The fourth-order valence-electron chi connectivity index (χ4n) is 7.24. The summed E-state index contributed by atoms with van der Waals surface area (Å²) in [5.74, 6) is 1.44. The zero-order valence-corrected chi connectivity index (χ0v) is 38.6. The summed E-state index contributed by atoms with van der Waals surface area (Å²) in [6, 6.07) is 22.8. The number of halogens is 3. The Kier molecular flexibility index (Phi) is 16.5. The first-order chi connectivity index (χ1) is 28.0. The van der Waals surface area contributed by atoms with Gasteiger partial charge in [-0.25, -0.2) is 4.79 Å². The van der Waals surface area contributed by atoms with E-state index in [1.54, 1.807) is 38.1 Å². The molecule has 4 rings (SSSR count). The molecule has 9 nitrogen and oxygen atoms in total. The molecule has 5 atom stereocenters. The van der Waals surface area contributed by atoms with Gasteiger partial charge in [0.05, 0.1) is 25.9 Å². The second kappa shape index (κ2) is 20.3. The van der Waals surface area contributed by atoms with Crippen molar-refractivity contribution in [3.63, 3.8) is 0 Å². The van der Waals surface area contributed by atoms with Crippen molar-refractivity contribution < 1.29 is 55.9 Å². The molecular weight excluding hydrogens is 810 g/mol. The monoisotopic (exact) mass is 870 g/mol. The van der Waals surface area contributed by atoms with Crippen molar-refractivity contribution in [3.05, 3.63) is 90.0 Å². The van der Waals surface area contributed by atoms with Crippen LogP contribution in [-0.4, -0.2) is 91.5 Å². The number of aliphatic hydroxyl groups excluding tert-OH is 1. The molecule has 3 aromatic carbocycles. The number of hydrogen-bond donors (Lipinski definition) is 1. The molecule has 328 valence electrons. The van der Waals surface area contributed by atoms with E-state index in [9.17, 15) is 23.1 Å². The number of carbonyl (C=O) groups excluding carboxylic acids is 1. The quantitative estimate of drug-likeness (QED) is 0.0619. The number of benzene rings is 3. The Morgan fingerprint density at radius 3 is 2.07 bits per heavy atom. The van der Waals surface area contributed by atoms with Gasteiger partial charge in [0.2, 0.25) is 0 Å². The van der Waals surface area contributed by atoms with Crippen molar-refractivity contribution in [2.24, 2.45) is 5.92 Å². The lowest BCUT2D eigenvalue weighted by atomic mass is 10.0. The van der Waals surface area contributed by atoms with Crippen molar-refractivity contribution in [2.45, 2.75) is 115 Å². The van der Waals surface area contributed by atoms with E-state index < -0.39 is 69.7 Å². The van der Waals surface area contributed by atoms with E-state index >= 15 is 0 Å². The first kappa shape index (κ1) is 48.7. The summed E-state index contributed by atoms with van der Waals surface area (Å²) in [5, 5.41) is 12.5. The maximum Gasteiger partial charge on any atom is 0.404 e.